The van der Waals surface area contributed by atoms with Crippen molar-refractivity contribution in [2.45, 2.75) is 13.0 Å². The average Bonchev–Trinajstić information content (AvgIpc) is 2.43. The van der Waals surface area contributed by atoms with Crippen LogP contribution < -0.4 is 10.5 Å². The van der Waals surface area contributed by atoms with Crippen LogP contribution in [0.4, 0.5) is 10.1 Å². The fourth-order valence-corrected chi connectivity index (χ4v) is 1.92. The molecule has 0 saturated carbocycles. The number of benzene rings is 1. The van der Waals surface area contributed by atoms with Crippen LogP contribution in [0, 0.1) is 5.82 Å². The number of nitrogens with two attached hydrogens (primary N) is 1. The van der Waals surface area contributed by atoms with Crippen molar-refractivity contribution >= 4 is 11.6 Å². The molecule has 1 unspecified atom stereocenters. The lowest BCUT2D eigenvalue weighted by molar-refractivity contribution is -0.142. The molecule has 2 N–H and O–H groups in total. The van der Waals surface area contributed by atoms with E-state index >= 15 is 0 Å². The molecule has 0 aromatic heterocycles. The van der Waals surface area contributed by atoms with Crippen molar-refractivity contribution in [2.75, 3.05) is 32.0 Å². The molecule has 0 aliphatic carbocycles. The summed E-state index contributed by atoms with van der Waals surface area (Å²) in [4.78, 5) is 13.8. The summed E-state index contributed by atoms with van der Waals surface area (Å²) in [5.41, 5.74) is 5.82. The number of morpholine rings is 1. The second kappa shape index (κ2) is 5.88. The molecule has 1 aliphatic heterocycles. The number of hydrogen-bond donors (Lipinski definition) is 1. The lowest BCUT2D eigenvalue weighted by Crippen LogP contribution is -2.46. The summed E-state index contributed by atoms with van der Waals surface area (Å²) in [6.45, 7) is 3.67. The van der Waals surface area contributed by atoms with Gasteiger partial charge in [0, 0.05) is 13.1 Å². The minimum Gasteiger partial charge on any atom is -0.476 e. The Morgan fingerprint density at radius 1 is 1.47 bits per heavy atom. The number of carbonyl (C=O) groups is 1. The summed E-state index contributed by atoms with van der Waals surface area (Å²) < 4.78 is 24.1. The monoisotopic (exact) mass is 268 g/mol. The van der Waals surface area contributed by atoms with E-state index in [0.29, 0.717) is 26.3 Å². The van der Waals surface area contributed by atoms with Crippen LogP contribution in [0.3, 0.4) is 0 Å². The SMILES string of the molecule is CC(Oc1c(N)cccc1F)C(=O)N1CCOCC1. The Balaban J connectivity index is 2.03. The molecule has 1 aliphatic rings. The van der Waals surface area contributed by atoms with E-state index in [-0.39, 0.29) is 17.3 Å². The zero-order valence-electron chi connectivity index (χ0n) is 10.8. The van der Waals surface area contributed by atoms with E-state index in [4.69, 9.17) is 15.2 Å². The Kier molecular flexibility index (Phi) is 4.21. The summed E-state index contributed by atoms with van der Waals surface area (Å²) in [7, 11) is 0. The van der Waals surface area contributed by atoms with Crippen LogP contribution in [-0.2, 0) is 9.53 Å². The number of hydrogen-bond acceptors (Lipinski definition) is 4. The highest BCUT2D eigenvalue weighted by Gasteiger charge is 2.25. The fourth-order valence-electron chi connectivity index (χ4n) is 1.92. The predicted octanol–water partition coefficient (Wildman–Crippen LogP) is 1.03. The molecule has 19 heavy (non-hydrogen) atoms. The summed E-state index contributed by atoms with van der Waals surface area (Å²) in [5, 5.41) is 0. The molecule has 104 valence electrons. The molecule has 1 heterocycles. The molecular weight excluding hydrogens is 251 g/mol. The number of nitrogen functional groups attached to an aromatic ring is 1. The van der Waals surface area contributed by atoms with Crippen molar-refractivity contribution in [2.24, 2.45) is 0 Å². The molecule has 2 rings (SSSR count). The minimum absolute atomic E-state index is 0.0726. The van der Waals surface area contributed by atoms with Crippen LogP contribution >= 0.6 is 0 Å². The molecule has 1 fully saturated rings. The Morgan fingerprint density at radius 2 is 2.16 bits per heavy atom. The number of rotatable bonds is 3. The minimum atomic E-state index is -0.780. The van der Waals surface area contributed by atoms with Crippen molar-refractivity contribution in [3.8, 4) is 5.75 Å². The number of anilines is 1. The summed E-state index contributed by atoms with van der Waals surface area (Å²) in [6, 6.07) is 4.27. The van der Waals surface area contributed by atoms with Gasteiger partial charge >= 0.3 is 0 Å². The Bertz CT molecular complexity index is 441. The van der Waals surface area contributed by atoms with Crippen LogP contribution in [0.25, 0.3) is 0 Å². The summed E-state index contributed by atoms with van der Waals surface area (Å²) in [6.07, 6.45) is -0.780. The van der Waals surface area contributed by atoms with Gasteiger partial charge in [-0.3, -0.25) is 4.79 Å². The summed E-state index contributed by atoms with van der Waals surface area (Å²) in [5.74, 6) is -0.829. The van der Waals surface area contributed by atoms with Crippen LogP contribution in [0.5, 0.6) is 5.75 Å². The van der Waals surface area contributed by atoms with E-state index in [1.807, 2.05) is 0 Å². The van der Waals surface area contributed by atoms with Crippen molar-refractivity contribution in [1.29, 1.82) is 0 Å². The fraction of sp³-hybridized carbons (Fsp3) is 0.462. The normalized spacial score (nSPS) is 17.1. The number of halogens is 1. The molecular formula is C13H17FN2O3. The first-order chi connectivity index (χ1) is 9.09. The largest absolute Gasteiger partial charge is 0.476 e. The van der Waals surface area contributed by atoms with E-state index in [2.05, 4.69) is 0 Å². The number of ether oxygens (including phenoxy) is 2. The topological polar surface area (TPSA) is 64.8 Å². The number of carbonyl (C=O) groups excluding carboxylic acids is 1. The second-order valence-corrected chi connectivity index (χ2v) is 4.36. The molecule has 0 radical (unpaired) electrons. The van der Waals surface area contributed by atoms with Crippen LogP contribution in [0.15, 0.2) is 18.2 Å². The molecule has 1 atom stereocenters. The van der Waals surface area contributed by atoms with E-state index in [0.717, 1.165) is 0 Å². The molecule has 1 aromatic rings. The van der Waals surface area contributed by atoms with E-state index in [9.17, 15) is 9.18 Å². The zero-order chi connectivity index (χ0) is 13.8. The molecule has 1 saturated heterocycles. The zero-order valence-corrected chi connectivity index (χ0v) is 10.8. The Morgan fingerprint density at radius 3 is 2.79 bits per heavy atom. The standard InChI is InChI=1S/C13H17FN2O3/c1-9(13(17)16-5-7-18-8-6-16)19-12-10(14)3-2-4-11(12)15/h2-4,9H,5-8,15H2,1H3. The molecule has 6 heteroatoms. The van der Waals surface area contributed by atoms with Crippen LogP contribution in [0.2, 0.25) is 0 Å². The lowest BCUT2D eigenvalue weighted by atomic mass is 10.2. The third-order valence-corrected chi connectivity index (χ3v) is 2.96. The molecule has 0 spiro atoms. The quantitative estimate of drug-likeness (QED) is 0.832. The highest BCUT2D eigenvalue weighted by atomic mass is 19.1. The van der Waals surface area contributed by atoms with Gasteiger partial charge in [-0.05, 0) is 19.1 Å². The van der Waals surface area contributed by atoms with Gasteiger partial charge in [-0.25, -0.2) is 4.39 Å². The van der Waals surface area contributed by atoms with Crippen LogP contribution in [0.1, 0.15) is 6.92 Å². The third-order valence-electron chi connectivity index (χ3n) is 2.96. The Hall–Kier alpha value is -1.82. The molecule has 1 amide bonds. The first kappa shape index (κ1) is 13.6. The van der Waals surface area contributed by atoms with Gasteiger partial charge in [0.05, 0.1) is 18.9 Å². The Labute approximate surface area is 111 Å². The predicted molar refractivity (Wildman–Crippen MR) is 68.3 cm³/mol. The summed E-state index contributed by atoms with van der Waals surface area (Å²) >= 11 is 0. The van der Waals surface area contributed by atoms with E-state index in [1.54, 1.807) is 11.8 Å². The van der Waals surface area contributed by atoms with Crippen LogP contribution in [-0.4, -0.2) is 43.2 Å². The number of amides is 1. The number of para-hydroxylation sites is 1. The maximum Gasteiger partial charge on any atom is 0.263 e. The third kappa shape index (κ3) is 3.14. The van der Waals surface area contributed by atoms with Gasteiger partial charge in [0.25, 0.3) is 5.91 Å². The molecule has 5 nitrogen and oxygen atoms in total. The van der Waals surface area contributed by atoms with Gasteiger partial charge in [-0.2, -0.15) is 0 Å². The van der Waals surface area contributed by atoms with Gasteiger partial charge in [0.15, 0.2) is 17.7 Å². The highest BCUT2D eigenvalue weighted by molar-refractivity contribution is 5.81. The van der Waals surface area contributed by atoms with Gasteiger partial charge in [0.1, 0.15) is 0 Å². The van der Waals surface area contributed by atoms with Crippen molar-refractivity contribution in [3.63, 3.8) is 0 Å². The molecule has 0 bridgehead atoms. The first-order valence-corrected chi connectivity index (χ1v) is 6.17. The smallest absolute Gasteiger partial charge is 0.263 e. The highest BCUT2D eigenvalue weighted by Crippen LogP contribution is 2.26. The lowest BCUT2D eigenvalue weighted by Gasteiger charge is -2.29. The first-order valence-electron chi connectivity index (χ1n) is 6.17. The van der Waals surface area contributed by atoms with Gasteiger partial charge < -0.3 is 20.1 Å². The maximum absolute atomic E-state index is 13.6. The van der Waals surface area contributed by atoms with E-state index in [1.165, 1.54) is 18.2 Å². The van der Waals surface area contributed by atoms with Gasteiger partial charge in [-0.1, -0.05) is 6.07 Å². The second-order valence-electron chi connectivity index (χ2n) is 4.36. The molecule has 1 aromatic carbocycles. The van der Waals surface area contributed by atoms with Gasteiger partial charge in [0.2, 0.25) is 0 Å². The average molecular weight is 268 g/mol. The van der Waals surface area contributed by atoms with Gasteiger partial charge in [-0.15, -0.1) is 0 Å². The van der Waals surface area contributed by atoms with Crippen molar-refractivity contribution in [3.05, 3.63) is 24.0 Å². The maximum atomic E-state index is 13.6. The number of nitrogens with zero attached hydrogens (tertiary/aromatic N) is 1. The van der Waals surface area contributed by atoms with Crippen molar-refractivity contribution < 1.29 is 18.7 Å². The van der Waals surface area contributed by atoms with Crippen molar-refractivity contribution in [1.82, 2.24) is 4.90 Å². The van der Waals surface area contributed by atoms with E-state index < -0.39 is 11.9 Å².